The first-order chi connectivity index (χ1) is 16.5. The van der Waals surface area contributed by atoms with E-state index in [1.807, 2.05) is 24.3 Å². The normalized spacial score (nSPS) is 15.9. The van der Waals surface area contributed by atoms with Crippen molar-refractivity contribution >= 4 is 46.3 Å². The molecule has 34 heavy (non-hydrogen) atoms. The third-order valence-electron chi connectivity index (χ3n) is 5.23. The van der Waals surface area contributed by atoms with E-state index < -0.39 is 0 Å². The third kappa shape index (κ3) is 4.44. The Morgan fingerprint density at radius 3 is 2.71 bits per heavy atom. The number of furan rings is 1. The van der Waals surface area contributed by atoms with Crippen molar-refractivity contribution in [1.82, 2.24) is 4.90 Å². The molecule has 0 bridgehead atoms. The second-order valence-corrected chi connectivity index (χ2v) is 9.13. The van der Waals surface area contributed by atoms with Crippen LogP contribution in [-0.4, -0.2) is 34.5 Å². The molecule has 7 nitrogen and oxygen atoms in total. The Labute approximate surface area is 205 Å². The van der Waals surface area contributed by atoms with Gasteiger partial charge in [0.15, 0.2) is 11.5 Å². The first-order valence-electron chi connectivity index (χ1n) is 10.5. The lowest BCUT2D eigenvalue weighted by atomic mass is 10.1. The van der Waals surface area contributed by atoms with E-state index in [-0.39, 0.29) is 18.7 Å². The number of thioether (sulfide) groups is 1. The molecule has 1 fully saturated rings. The number of carbonyl (C=O) groups is 2. The zero-order valence-corrected chi connectivity index (χ0v) is 19.7. The Morgan fingerprint density at radius 1 is 1.12 bits per heavy atom. The molecule has 1 aromatic heterocycles. The van der Waals surface area contributed by atoms with Gasteiger partial charge in [0.05, 0.1) is 23.6 Å². The van der Waals surface area contributed by atoms with Crippen LogP contribution in [-0.2, 0) is 16.1 Å². The molecule has 0 atom stereocenters. The van der Waals surface area contributed by atoms with Gasteiger partial charge in [-0.2, -0.15) is 0 Å². The highest BCUT2D eigenvalue weighted by Gasteiger charge is 2.32. The van der Waals surface area contributed by atoms with Crippen molar-refractivity contribution in [2.45, 2.75) is 13.5 Å². The summed E-state index contributed by atoms with van der Waals surface area (Å²) in [6, 6.07) is 16.2. The standard InChI is InChI=1S/C25H19NO6S2/c1-2-29-24(28)17-6-4-16(5-7-17)19-10-8-18(32-19)12-22-23(27)26(25(33)34-22)13-15-3-9-20-21(11-15)31-14-30-20/h3-12H,2,13-14H2,1H3/b22-12-. The molecule has 0 saturated carbocycles. The van der Waals surface area contributed by atoms with Gasteiger partial charge in [-0.15, -0.1) is 0 Å². The van der Waals surface area contributed by atoms with Crippen LogP contribution in [0.3, 0.4) is 0 Å². The molecule has 5 rings (SSSR count). The van der Waals surface area contributed by atoms with Crippen molar-refractivity contribution in [2.75, 3.05) is 13.4 Å². The number of esters is 1. The summed E-state index contributed by atoms with van der Waals surface area (Å²) in [7, 11) is 0. The Bertz CT molecular complexity index is 1310. The van der Waals surface area contributed by atoms with Crippen LogP contribution in [0.1, 0.15) is 28.6 Å². The summed E-state index contributed by atoms with van der Waals surface area (Å²) >= 11 is 6.68. The van der Waals surface area contributed by atoms with Crippen LogP contribution < -0.4 is 9.47 Å². The monoisotopic (exact) mass is 493 g/mol. The molecule has 0 aliphatic carbocycles. The number of rotatable bonds is 6. The number of ether oxygens (including phenoxy) is 3. The predicted octanol–water partition coefficient (Wildman–Crippen LogP) is 5.25. The van der Waals surface area contributed by atoms with Gasteiger partial charge in [-0.3, -0.25) is 9.69 Å². The fraction of sp³-hybridized carbons (Fsp3) is 0.160. The van der Waals surface area contributed by atoms with E-state index in [1.54, 1.807) is 48.2 Å². The maximum absolute atomic E-state index is 13.0. The molecule has 9 heteroatoms. The second kappa shape index (κ2) is 9.36. The van der Waals surface area contributed by atoms with E-state index in [0.29, 0.717) is 51.0 Å². The Hall–Kier alpha value is -3.56. The number of carbonyl (C=O) groups excluding carboxylic acids is 2. The van der Waals surface area contributed by atoms with Gasteiger partial charge in [-0.1, -0.05) is 42.2 Å². The van der Waals surface area contributed by atoms with Gasteiger partial charge in [0.25, 0.3) is 5.91 Å². The highest BCUT2D eigenvalue weighted by molar-refractivity contribution is 8.26. The smallest absolute Gasteiger partial charge is 0.338 e. The van der Waals surface area contributed by atoms with Gasteiger partial charge in [0.1, 0.15) is 15.8 Å². The van der Waals surface area contributed by atoms with Crippen LogP contribution in [0.15, 0.2) is 63.9 Å². The fourth-order valence-electron chi connectivity index (χ4n) is 3.56. The Kier molecular flexibility index (Phi) is 6.12. The number of benzene rings is 2. The highest BCUT2D eigenvalue weighted by atomic mass is 32.2. The van der Waals surface area contributed by atoms with Crippen LogP contribution >= 0.6 is 24.0 Å². The summed E-state index contributed by atoms with van der Waals surface area (Å²) < 4.78 is 22.2. The summed E-state index contributed by atoms with van der Waals surface area (Å²) in [4.78, 5) is 26.9. The molecule has 0 N–H and O–H groups in total. The van der Waals surface area contributed by atoms with Gasteiger partial charge in [-0.05, 0) is 48.9 Å². The molecule has 2 aliphatic heterocycles. The van der Waals surface area contributed by atoms with E-state index in [2.05, 4.69) is 0 Å². The highest BCUT2D eigenvalue weighted by Crippen LogP contribution is 2.37. The largest absolute Gasteiger partial charge is 0.462 e. The van der Waals surface area contributed by atoms with Crippen molar-refractivity contribution in [1.29, 1.82) is 0 Å². The number of nitrogens with zero attached hydrogens (tertiary/aromatic N) is 1. The molecule has 0 radical (unpaired) electrons. The lowest BCUT2D eigenvalue weighted by Gasteiger charge is -2.14. The molecule has 1 amide bonds. The minimum atomic E-state index is -0.364. The summed E-state index contributed by atoms with van der Waals surface area (Å²) in [5.41, 5.74) is 2.18. The number of hydrogen-bond acceptors (Lipinski definition) is 8. The molecular formula is C25H19NO6S2. The number of hydrogen-bond donors (Lipinski definition) is 0. The van der Waals surface area contributed by atoms with E-state index in [1.165, 1.54) is 11.8 Å². The molecule has 0 unspecified atom stereocenters. The maximum Gasteiger partial charge on any atom is 0.338 e. The summed E-state index contributed by atoms with van der Waals surface area (Å²) in [6.07, 6.45) is 1.69. The SMILES string of the molecule is CCOC(=O)c1ccc(-c2ccc(/C=C3\SC(=S)N(Cc4ccc5c(c4)OCO5)C3=O)o2)cc1. The summed E-state index contributed by atoms with van der Waals surface area (Å²) in [5.74, 6) is 1.97. The average Bonchev–Trinajstić information content (AvgIpc) is 3.56. The lowest BCUT2D eigenvalue weighted by molar-refractivity contribution is -0.122. The van der Waals surface area contributed by atoms with E-state index in [0.717, 1.165) is 11.1 Å². The van der Waals surface area contributed by atoms with Crippen molar-refractivity contribution < 1.29 is 28.2 Å². The van der Waals surface area contributed by atoms with Crippen LogP contribution in [0.4, 0.5) is 0 Å². The van der Waals surface area contributed by atoms with Crippen LogP contribution in [0, 0.1) is 0 Å². The first-order valence-corrected chi connectivity index (χ1v) is 11.8. The lowest BCUT2D eigenvalue weighted by Crippen LogP contribution is -2.27. The molecule has 2 aromatic carbocycles. The molecule has 2 aliphatic rings. The van der Waals surface area contributed by atoms with Crippen LogP contribution in [0.25, 0.3) is 17.4 Å². The van der Waals surface area contributed by atoms with Crippen molar-refractivity contribution in [3.8, 4) is 22.8 Å². The molecule has 172 valence electrons. The quantitative estimate of drug-likeness (QED) is 0.262. The summed E-state index contributed by atoms with van der Waals surface area (Å²) in [5, 5.41) is 0. The van der Waals surface area contributed by atoms with E-state index in [9.17, 15) is 9.59 Å². The van der Waals surface area contributed by atoms with Crippen molar-refractivity contribution in [3.63, 3.8) is 0 Å². The minimum absolute atomic E-state index is 0.176. The van der Waals surface area contributed by atoms with E-state index in [4.69, 9.17) is 30.8 Å². The molecule has 0 spiro atoms. The van der Waals surface area contributed by atoms with Gasteiger partial charge in [0.2, 0.25) is 6.79 Å². The number of fused-ring (bicyclic) bond motifs is 1. The Balaban J connectivity index is 1.29. The number of thiocarbonyl (C=S) groups is 1. The predicted molar refractivity (Wildman–Crippen MR) is 131 cm³/mol. The maximum atomic E-state index is 13.0. The van der Waals surface area contributed by atoms with Gasteiger partial charge in [0, 0.05) is 11.6 Å². The zero-order chi connectivity index (χ0) is 23.7. The van der Waals surface area contributed by atoms with Gasteiger partial charge < -0.3 is 18.6 Å². The molecule has 1 saturated heterocycles. The zero-order valence-electron chi connectivity index (χ0n) is 18.1. The first kappa shape index (κ1) is 22.2. The molecule has 3 heterocycles. The van der Waals surface area contributed by atoms with Crippen molar-refractivity contribution in [3.05, 3.63) is 76.4 Å². The van der Waals surface area contributed by atoms with Crippen LogP contribution in [0.2, 0.25) is 0 Å². The third-order valence-corrected chi connectivity index (χ3v) is 6.61. The fourth-order valence-corrected chi connectivity index (χ4v) is 4.79. The van der Waals surface area contributed by atoms with Crippen LogP contribution in [0.5, 0.6) is 11.5 Å². The topological polar surface area (TPSA) is 78.2 Å². The summed E-state index contributed by atoms with van der Waals surface area (Å²) in [6.45, 7) is 2.63. The van der Waals surface area contributed by atoms with E-state index >= 15 is 0 Å². The Morgan fingerprint density at radius 2 is 1.91 bits per heavy atom. The minimum Gasteiger partial charge on any atom is -0.462 e. The van der Waals surface area contributed by atoms with Gasteiger partial charge in [-0.25, -0.2) is 4.79 Å². The molecule has 3 aromatic rings. The average molecular weight is 494 g/mol. The number of amides is 1. The molecular weight excluding hydrogens is 474 g/mol. The second-order valence-electron chi connectivity index (χ2n) is 7.46. The van der Waals surface area contributed by atoms with Crippen molar-refractivity contribution in [2.24, 2.45) is 0 Å². The van der Waals surface area contributed by atoms with Gasteiger partial charge >= 0.3 is 5.97 Å².